The maximum Gasteiger partial charge on any atom is 0.340 e. The summed E-state index contributed by atoms with van der Waals surface area (Å²) < 4.78 is 12.2. The number of aromatic nitrogens is 1. The molecule has 0 N–H and O–H groups in total. The van der Waals surface area contributed by atoms with Crippen LogP contribution in [0.4, 0.5) is 5.82 Å². The molecule has 1 fully saturated rings. The third kappa shape index (κ3) is 2.06. The van der Waals surface area contributed by atoms with Gasteiger partial charge in [0.2, 0.25) is 0 Å². The van der Waals surface area contributed by atoms with Gasteiger partial charge >= 0.3 is 5.97 Å². The van der Waals surface area contributed by atoms with E-state index >= 15 is 0 Å². The van der Waals surface area contributed by atoms with Crippen molar-refractivity contribution in [1.29, 1.82) is 0 Å². The van der Waals surface area contributed by atoms with Crippen molar-refractivity contribution in [3.63, 3.8) is 0 Å². The van der Waals surface area contributed by atoms with Crippen molar-refractivity contribution in [3.05, 3.63) is 36.0 Å². The van der Waals surface area contributed by atoms with Crippen LogP contribution in [0.3, 0.4) is 0 Å². The average Bonchev–Trinajstić information content (AvgIpc) is 2.87. The molecular weight excluding hydrogens is 244 g/mol. The monoisotopic (exact) mass is 260 g/mol. The quantitative estimate of drug-likeness (QED) is 0.769. The second kappa shape index (κ2) is 4.93. The van der Waals surface area contributed by atoms with E-state index in [2.05, 4.69) is 4.90 Å². The molecule has 1 saturated heterocycles. The number of carbonyl (C=O) groups excluding carboxylic acids is 1. The van der Waals surface area contributed by atoms with Gasteiger partial charge in [-0.05, 0) is 18.2 Å². The molecule has 0 amide bonds. The lowest BCUT2D eigenvalue weighted by Crippen LogP contribution is -2.36. The molecule has 0 atom stereocenters. The van der Waals surface area contributed by atoms with Crippen molar-refractivity contribution in [1.82, 2.24) is 4.40 Å². The van der Waals surface area contributed by atoms with Gasteiger partial charge in [-0.1, -0.05) is 6.07 Å². The number of esters is 1. The molecule has 2 aromatic heterocycles. The molecule has 2 aromatic rings. The second-order valence-electron chi connectivity index (χ2n) is 4.46. The standard InChI is InChI=1S/C14H16N2O3/c1-18-14(17)11-10-13(15-6-8-19-9-7-15)16-5-3-2-4-12(11)16/h2-5,10H,6-9H2,1H3. The van der Waals surface area contributed by atoms with Gasteiger partial charge in [0.25, 0.3) is 0 Å². The molecule has 5 nitrogen and oxygen atoms in total. The molecule has 0 aliphatic carbocycles. The molecule has 0 saturated carbocycles. The summed E-state index contributed by atoms with van der Waals surface area (Å²) in [5.74, 6) is 0.711. The Morgan fingerprint density at radius 3 is 2.84 bits per heavy atom. The molecule has 0 bridgehead atoms. The topological polar surface area (TPSA) is 43.2 Å². The highest BCUT2D eigenvalue weighted by Crippen LogP contribution is 2.25. The molecule has 3 rings (SSSR count). The van der Waals surface area contributed by atoms with E-state index in [1.54, 1.807) is 0 Å². The Kier molecular flexibility index (Phi) is 3.13. The van der Waals surface area contributed by atoms with Crippen LogP contribution in [0.1, 0.15) is 10.4 Å². The summed E-state index contributed by atoms with van der Waals surface area (Å²) in [4.78, 5) is 14.1. The number of morpholine rings is 1. The lowest BCUT2D eigenvalue weighted by Gasteiger charge is -2.28. The second-order valence-corrected chi connectivity index (χ2v) is 4.46. The fourth-order valence-electron chi connectivity index (χ4n) is 2.44. The predicted octanol–water partition coefficient (Wildman–Crippen LogP) is 1.56. The first kappa shape index (κ1) is 12.0. The molecule has 0 aromatic carbocycles. The number of carbonyl (C=O) groups is 1. The summed E-state index contributed by atoms with van der Waals surface area (Å²) in [7, 11) is 1.41. The molecule has 5 heteroatoms. The largest absolute Gasteiger partial charge is 0.465 e. The van der Waals surface area contributed by atoms with Crippen molar-refractivity contribution < 1.29 is 14.3 Å². The summed E-state index contributed by atoms with van der Waals surface area (Å²) in [5.41, 5.74) is 1.47. The van der Waals surface area contributed by atoms with Crippen molar-refractivity contribution in [2.75, 3.05) is 38.3 Å². The normalized spacial score (nSPS) is 15.7. The van der Waals surface area contributed by atoms with Crippen molar-refractivity contribution in [2.24, 2.45) is 0 Å². The summed E-state index contributed by atoms with van der Waals surface area (Å²) in [6, 6.07) is 7.70. The van der Waals surface area contributed by atoms with E-state index in [1.807, 2.05) is 34.9 Å². The molecule has 1 aliphatic heterocycles. The Morgan fingerprint density at radius 2 is 2.11 bits per heavy atom. The molecule has 100 valence electrons. The minimum atomic E-state index is -0.303. The van der Waals surface area contributed by atoms with Crippen LogP contribution in [-0.4, -0.2) is 43.8 Å². The lowest BCUT2D eigenvalue weighted by atomic mass is 10.2. The van der Waals surface area contributed by atoms with Crippen molar-refractivity contribution in [2.45, 2.75) is 0 Å². The van der Waals surface area contributed by atoms with E-state index in [4.69, 9.17) is 9.47 Å². The highest BCUT2D eigenvalue weighted by atomic mass is 16.5. The zero-order valence-corrected chi connectivity index (χ0v) is 10.8. The number of methoxy groups -OCH3 is 1. The number of pyridine rings is 1. The van der Waals surface area contributed by atoms with Gasteiger partial charge in [-0.25, -0.2) is 4.79 Å². The molecule has 0 unspecified atom stereocenters. The first-order valence-electron chi connectivity index (χ1n) is 6.32. The van der Waals surface area contributed by atoms with Crippen LogP contribution in [-0.2, 0) is 9.47 Å². The maximum absolute atomic E-state index is 11.8. The zero-order chi connectivity index (χ0) is 13.2. The molecule has 3 heterocycles. The van der Waals surface area contributed by atoms with Crippen molar-refractivity contribution in [3.8, 4) is 0 Å². The average molecular weight is 260 g/mol. The van der Waals surface area contributed by atoms with Gasteiger partial charge in [-0.2, -0.15) is 0 Å². The molecule has 0 radical (unpaired) electrons. The first-order chi connectivity index (χ1) is 9.31. The fraction of sp³-hybridized carbons (Fsp3) is 0.357. The number of nitrogens with zero attached hydrogens (tertiary/aromatic N) is 2. The van der Waals surface area contributed by atoms with Gasteiger partial charge < -0.3 is 18.8 Å². The fourth-order valence-corrected chi connectivity index (χ4v) is 2.44. The van der Waals surface area contributed by atoms with E-state index in [9.17, 15) is 4.79 Å². The van der Waals surface area contributed by atoms with Gasteiger partial charge in [0.1, 0.15) is 5.82 Å². The number of hydrogen-bond acceptors (Lipinski definition) is 4. The van der Waals surface area contributed by atoms with Gasteiger partial charge in [-0.15, -0.1) is 0 Å². The Balaban J connectivity index is 2.11. The Bertz CT molecular complexity index is 600. The zero-order valence-electron chi connectivity index (χ0n) is 10.8. The lowest BCUT2D eigenvalue weighted by molar-refractivity contribution is 0.0603. The Hall–Kier alpha value is -2.01. The first-order valence-corrected chi connectivity index (χ1v) is 6.32. The summed E-state index contributed by atoms with van der Waals surface area (Å²) in [6.07, 6.45) is 1.96. The number of ether oxygens (including phenoxy) is 2. The highest BCUT2D eigenvalue weighted by Gasteiger charge is 2.20. The van der Waals surface area contributed by atoms with E-state index in [0.29, 0.717) is 18.8 Å². The summed E-state index contributed by atoms with van der Waals surface area (Å²) in [5, 5.41) is 0. The number of anilines is 1. The van der Waals surface area contributed by atoms with Gasteiger partial charge in [0.05, 0.1) is 31.4 Å². The van der Waals surface area contributed by atoms with Crippen LogP contribution in [0, 0.1) is 0 Å². The van der Waals surface area contributed by atoms with Crippen molar-refractivity contribution >= 4 is 17.3 Å². The van der Waals surface area contributed by atoms with Gasteiger partial charge in [0, 0.05) is 19.3 Å². The summed E-state index contributed by atoms with van der Waals surface area (Å²) in [6.45, 7) is 3.10. The summed E-state index contributed by atoms with van der Waals surface area (Å²) >= 11 is 0. The number of hydrogen-bond donors (Lipinski definition) is 0. The van der Waals surface area contributed by atoms with E-state index in [-0.39, 0.29) is 5.97 Å². The Labute approximate surface area is 111 Å². The van der Waals surface area contributed by atoms with Crippen LogP contribution >= 0.6 is 0 Å². The third-order valence-corrected chi connectivity index (χ3v) is 3.40. The Morgan fingerprint density at radius 1 is 1.32 bits per heavy atom. The predicted molar refractivity (Wildman–Crippen MR) is 71.8 cm³/mol. The minimum absolute atomic E-state index is 0.303. The van der Waals surface area contributed by atoms with Crippen LogP contribution in [0.25, 0.3) is 5.52 Å². The van der Waals surface area contributed by atoms with E-state index < -0.39 is 0 Å². The van der Waals surface area contributed by atoms with Crippen LogP contribution < -0.4 is 4.90 Å². The van der Waals surface area contributed by atoms with Gasteiger partial charge in [0.15, 0.2) is 0 Å². The van der Waals surface area contributed by atoms with Crippen LogP contribution in [0.2, 0.25) is 0 Å². The molecule has 19 heavy (non-hydrogen) atoms. The third-order valence-electron chi connectivity index (χ3n) is 3.40. The maximum atomic E-state index is 11.8. The van der Waals surface area contributed by atoms with Crippen LogP contribution in [0.15, 0.2) is 30.5 Å². The molecule has 1 aliphatic rings. The number of rotatable bonds is 2. The highest BCUT2D eigenvalue weighted by molar-refractivity contribution is 5.99. The molecule has 0 spiro atoms. The molecular formula is C14H16N2O3. The van der Waals surface area contributed by atoms with E-state index in [0.717, 1.165) is 24.4 Å². The SMILES string of the molecule is COC(=O)c1cc(N2CCOCC2)n2ccccc12. The van der Waals surface area contributed by atoms with Crippen LogP contribution in [0.5, 0.6) is 0 Å². The smallest absolute Gasteiger partial charge is 0.340 e. The minimum Gasteiger partial charge on any atom is -0.465 e. The van der Waals surface area contributed by atoms with E-state index in [1.165, 1.54) is 7.11 Å². The van der Waals surface area contributed by atoms with Gasteiger partial charge in [-0.3, -0.25) is 0 Å². The number of fused-ring (bicyclic) bond motifs is 1.